The number of halogens is 2. The van der Waals surface area contributed by atoms with E-state index in [1.165, 1.54) is 0 Å². The predicted molar refractivity (Wildman–Crippen MR) is 126 cm³/mol. The first-order valence-corrected chi connectivity index (χ1v) is 11.7. The van der Waals surface area contributed by atoms with Gasteiger partial charge in [0.2, 0.25) is 11.8 Å². The highest BCUT2D eigenvalue weighted by Gasteiger charge is 2.38. The summed E-state index contributed by atoms with van der Waals surface area (Å²) in [7, 11) is 0. The zero-order chi connectivity index (χ0) is 22.8. The Balaban J connectivity index is 1.49. The number of benzene rings is 2. The van der Waals surface area contributed by atoms with Crippen LogP contribution < -0.4 is 5.32 Å². The number of anilines is 1. The van der Waals surface area contributed by atoms with Crippen molar-refractivity contribution in [1.29, 1.82) is 5.26 Å². The van der Waals surface area contributed by atoms with Crippen molar-refractivity contribution in [2.24, 2.45) is 5.92 Å². The van der Waals surface area contributed by atoms with E-state index in [0.29, 0.717) is 27.8 Å². The molecule has 2 aromatic rings. The molecular formula is C25H25Cl2N3O2. The van der Waals surface area contributed by atoms with Crippen molar-refractivity contribution in [2.75, 3.05) is 11.9 Å². The Hall–Kier alpha value is -2.55. The van der Waals surface area contributed by atoms with Gasteiger partial charge in [-0.3, -0.25) is 9.59 Å². The van der Waals surface area contributed by atoms with Gasteiger partial charge >= 0.3 is 0 Å². The van der Waals surface area contributed by atoms with Gasteiger partial charge in [-0.25, -0.2) is 0 Å². The molecule has 2 amide bonds. The minimum atomic E-state index is -0.546. The standard InChI is InChI=1S/C25H25Cl2N3O2/c1-15-10-20(21(13-28)16-6-8-18(26)9-7-16)22(27)12-23(15)29-25(32)17-11-24(31)30(14-17)19-4-2-3-5-19/h6-10,12,17,19,21H,2-5,11,14H2,1H3,(H,29,32). The highest BCUT2D eigenvalue weighted by molar-refractivity contribution is 6.32. The van der Waals surface area contributed by atoms with E-state index in [4.69, 9.17) is 23.2 Å². The molecule has 0 bridgehead atoms. The smallest absolute Gasteiger partial charge is 0.229 e. The number of carbonyl (C=O) groups excluding carboxylic acids is 2. The van der Waals surface area contributed by atoms with Gasteiger partial charge in [0, 0.05) is 34.7 Å². The van der Waals surface area contributed by atoms with E-state index in [9.17, 15) is 14.9 Å². The normalized spacial score (nSPS) is 19.8. The van der Waals surface area contributed by atoms with Gasteiger partial charge in [-0.15, -0.1) is 0 Å². The maximum Gasteiger partial charge on any atom is 0.229 e. The summed E-state index contributed by atoms with van der Waals surface area (Å²) in [5.74, 6) is -1.00. The first-order valence-electron chi connectivity index (χ1n) is 10.9. The van der Waals surface area contributed by atoms with Crippen LogP contribution in [0.5, 0.6) is 0 Å². The first-order chi connectivity index (χ1) is 15.4. The summed E-state index contributed by atoms with van der Waals surface area (Å²) in [6.45, 7) is 2.35. The van der Waals surface area contributed by atoms with E-state index in [0.717, 1.165) is 36.8 Å². The van der Waals surface area contributed by atoms with E-state index in [1.54, 1.807) is 18.2 Å². The first kappa shape index (κ1) is 22.6. The van der Waals surface area contributed by atoms with Crippen LogP contribution in [0.1, 0.15) is 54.7 Å². The lowest BCUT2D eigenvalue weighted by atomic mass is 9.91. The van der Waals surface area contributed by atoms with Crippen LogP contribution in [0.25, 0.3) is 0 Å². The molecule has 2 aliphatic rings. The molecule has 2 atom stereocenters. The zero-order valence-electron chi connectivity index (χ0n) is 17.9. The number of nitrogens with one attached hydrogen (secondary N) is 1. The predicted octanol–water partition coefficient (Wildman–Crippen LogP) is 5.69. The quantitative estimate of drug-likeness (QED) is 0.611. The Labute approximate surface area is 198 Å². The maximum atomic E-state index is 12.9. The van der Waals surface area contributed by atoms with E-state index in [-0.39, 0.29) is 30.2 Å². The highest BCUT2D eigenvalue weighted by Crippen LogP contribution is 2.35. The number of likely N-dealkylation sites (tertiary alicyclic amines) is 1. The van der Waals surface area contributed by atoms with Crippen LogP contribution in [0.3, 0.4) is 0 Å². The summed E-state index contributed by atoms with van der Waals surface area (Å²) in [5.41, 5.74) is 2.88. The fourth-order valence-electron chi connectivity index (χ4n) is 4.75. The number of nitriles is 1. The van der Waals surface area contributed by atoms with Crippen LogP contribution in [0, 0.1) is 24.2 Å². The minimum absolute atomic E-state index is 0.0713. The molecule has 1 saturated carbocycles. The molecule has 1 N–H and O–H groups in total. The highest BCUT2D eigenvalue weighted by atomic mass is 35.5. The van der Waals surface area contributed by atoms with Crippen molar-refractivity contribution < 1.29 is 9.59 Å². The second-order valence-corrected chi connectivity index (χ2v) is 9.52. The van der Waals surface area contributed by atoms with Crippen molar-refractivity contribution in [1.82, 2.24) is 4.90 Å². The van der Waals surface area contributed by atoms with Crippen molar-refractivity contribution >= 4 is 40.7 Å². The molecule has 2 unspecified atom stereocenters. The minimum Gasteiger partial charge on any atom is -0.339 e. The SMILES string of the molecule is Cc1cc(C(C#N)c2ccc(Cl)cc2)c(Cl)cc1NC(=O)C1CC(=O)N(C2CCCC2)C1. The largest absolute Gasteiger partial charge is 0.339 e. The van der Waals surface area contributed by atoms with E-state index >= 15 is 0 Å². The third-order valence-electron chi connectivity index (χ3n) is 6.54. The van der Waals surface area contributed by atoms with Crippen LogP contribution in [0.4, 0.5) is 5.69 Å². The van der Waals surface area contributed by atoms with Gasteiger partial charge in [-0.05, 0) is 54.7 Å². The van der Waals surface area contributed by atoms with E-state index in [1.807, 2.05) is 30.0 Å². The fourth-order valence-corrected chi connectivity index (χ4v) is 5.15. The Bertz CT molecular complexity index is 1070. The summed E-state index contributed by atoms with van der Waals surface area (Å²) in [6.07, 6.45) is 4.61. The molecule has 0 radical (unpaired) electrons. The van der Waals surface area contributed by atoms with Crippen LogP contribution in [-0.2, 0) is 9.59 Å². The summed E-state index contributed by atoms with van der Waals surface area (Å²) in [5, 5.41) is 13.7. The molecule has 2 fully saturated rings. The molecule has 1 aliphatic carbocycles. The van der Waals surface area contributed by atoms with Crippen molar-refractivity contribution in [3.63, 3.8) is 0 Å². The number of aryl methyl sites for hydroxylation is 1. The van der Waals surface area contributed by atoms with Gasteiger partial charge in [-0.1, -0.05) is 54.2 Å². The van der Waals surface area contributed by atoms with Gasteiger partial charge in [0.25, 0.3) is 0 Å². The average Bonchev–Trinajstić information content (AvgIpc) is 3.43. The van der Waals surface area contributed by atoms with Gasteiger partial charge in [0.1, 0.15) is 0 Å². The second kappa shape index (κ2) is 9.52. The lowest BCUT2D eigenvalue weighted by molar-refractivity contribution is -0.129. The lowest BCUT2D eigenvalue weighted by Gasteiger charge is -2.24. The molecule has 2 aromatic carbocycles. The second-order valence-electron chi connectivity index (χ2n) is 8.68. The van der Waals surface area contributed by atoms with Gasteiger partial charge in [0.15, 0.2) is 0 Å². The van der Waals surface area contributed by atoms with Crippen LogP contribution in [-0.4, -0.2) is 29.3 Å². The molecule has 166 valence electrons. The number of carbonyl (C=O) groups is 2. The molecular weight excluding hydrogens is 445 g/mol. The maximum absolute atomic E-state index is 12.9. The van der Waals surface area contributed by atoms with Crippen molar-refractivity contribution in [3.8, 4) is 6.07 Å². The molecule has 32 heavy (non-hydrogen) atoms. The topological polar surface area (TPSA) is 73.2 Å². The summed E-state index contributed by atoms with van der Waals surface area (Å²) in [6, 6.07) is 13.2. The summed E-state index contributed by atoms with van der Waals surface area (Å²) in [4.78, 5) is 27.3. The van der Waals surface area contributed by atoms with Gasteiger partial charge in [-0.2, -0.15) is 5.26 Å². The fraction of sp³-hybridized carbons (Fsp3) is 0.400. The number of hydrogen-bond acceptors (Lipinski definition) is 3. The molecule has 0 aromatic heterocycles. The zero-order valence-corrected chi connectivity index (χ0v) is 19.4. The monoisotopic (exact) mass is 469 g/mol. The van der Waals surface area contributed by atoms with Crippen LogP contribution >= 0.6 is 23.2 Å². The summed E-state index contributed by atoms with van der Waals surface area (Å²) >= 11 is 12.5. The number of rotatable bonds is 5. The average molecular weight is 470 g/mol. The Morgan fingerprint density at radius 2 is 1.88 bits per heavy atom. The molecule has 1 saturated heterocycles. The Morgan fingerprint density at radius 1 is 1.19 bits per heavy atom. The number of hydrogen-bond donors (Lipinski definition) is 1. The van der Waals surface area contributed by atoms with Crippen LogP contribution in [0.2, 0.25) is 10.0 Å². The molecule has 1 aliphatic heterocycles. The molecule has 1 heterocycles. The summed E-state index contributed by atoms with van der Waals surface area (Å²) < 4.78 is 0. The Kier molecular flexibility index (Phi) is 6.74. The third-order valence-corrected chi connectivity index (χ3v) is 7.12. The van der Waals surface area contributed by atoms with Crippen molar-refractivity contribution in [3.05, 3.63) is 63.1 Å². The van der Waals surface area contributed by atoms with Crippen molar-refractivity contribution in [2.45, 2.75) is 51.0 Å². The molecule has 4 rings (SSSR count). The van der Waals surface area contributed by atoms with Crippen LogP contribution in [0.15, 0.2) is 36.4 Å². The number of nitrogens with zero attached hydrogens (tertiary/aromatic N) is 2. The Morgan fingerprint density at radius 3 is 2.53 bits per heavy atom. The van der Waals surface area contributed by atoms with E-state index < -0.39 is 5.92 Å². The lowest BCUT2D eigenvalue weighted by Crippen LogP contribution is -2.35. The number of amides is 2. The molecule has 5 nitrogen and oxygen atoms in total. The molecule has 7 heteroatoms. The van der Waals surface area contributed by atoms with E-state index in [2.05, 4.69) is 11.4 Å². The van der Waals surface area contributed by atoms with Gasteiger partial charge in [0.05, 0.1) is 17.9 Å². The molecule has 0 spiro atoms. The third kappa shape index (κ3) is 4.62. The van der Waals surface area contributed by atoms with Gasteiger partial charge < -0.3 is 10.2 Å².